The van der Waals surface area contributed by atoms with E-state index in [2.05, 4.69) is 20.1 Å². The minimum absolute atomic E-state index is 0.0848. The average Bonchev–Trinajstić information content (AvgIpc) is 2.95. The summed E-state index contributed by atoms with van der Waals surface area (Å²) in [5.74, 6) is -0.276. The van der Waals surface area contributed by atoms with Gasteiger partial charge in [-0.3, -0.25) is 9.59 Å². The van der Waals surface area contributed by atoms with Crippen molar-refractivity contribution in [1.29, 1.82) is 0 Å². The van der Waals surface area contributed by atoms with Crippen LogP contribution in [0.2, 0.25) is 0 Å². The molecule has 1 rings (SSSR count). The number of ether oxygens (including phenoxy) is 1. The van der Waals surface area contributed by atoms with Crippen LogP contribution in [-0.4, -0.2) is 40.3 Å². The molecule has 1 atom stereocenters. The third-order valence-electron chi connectivity index (χ3n) is 2.80. The standard InChI is InChI=1S/C12H20N4O3/c1-10(16-9-13-8-15-16)12(18)14-7-5-3-4-6-11(17)19-2/h8-10H,3-7H2,1-2H3,(H,14,18). The Kier molecular flexibility index (Phi) is 6.56. The quantitative estimate of drug-likeness (QED) is 0.553. The normalized spacial score (nSPS) is 11.9. The Morgan fingerprint density at radius 1 is 1.37 bits per heavy atom. The largest absolute Gasteiger partial charge is 0.469 e. The Morgan fingerprint density at radius 3 is 2.79 bits per heavy atom. The minimum Gasteiger partial charge on any atom is -0.469 e. The van der Waals surface area contributed by atoms with Gasteiger partial charge in [-0.2, -0.15) is 5.10 Å². The van der Waals surface area contributed by atoms with E-state index in [1.54, 1.807) is 6.92 Å². The van der Waals surface area contributed by atoms with Gasteiger partial charge >= 0.3 is 5.97 Å². The Hall–Kier alpha value is -1.92. The molecule has 19 heavy (non-hydrogen) atoms. The predicted octanol–water partition coefficient (Wildman–Crippen LogP) is 0.689. The van der Waals surface area contributed by atoms with Crippen LogP contribution in [0.25, 0.3) is 0 Å². The van der Waals surface area contributed by atoms with Crippen molar-refractivity contribution in [2.75, 3.05) is 13.7 Å². The summed E-state index contributed by atoms with van der Waals surface area (Å²) in [6.07, 6.45) is 5.85. The van der Waals surface area contributed by atoms with Gasteiger partial charge in [0.15, 0.2) is 0 Å². The molecule has 0 saturated carbocycles. The highest BCUT2D eigenvalue weighted by atomic mass is 16.5. The van der Waals surface area contributed by atoms with Crippen molar-refractivity contribution in [3.63, 3.8) is 0 Å². The molecule has 0 aromatic carbocycles. The van der Waals surface area contributed by atoms with Gasteiger partial charge in [-0.05, 0) is 19.8 Å². The van der Waals surface area contributed by atoms with Gasteiger partial charge < -0.3 is 10.1 Å². The molecule has 106 valence electrons. The summed E-state index contributed by atoms with van der Waals surface area (Å²) in [5.41, 5.74) is 0. The highest BCUT2D eigenvalue weighted by Crippen LogP contribution is 2.03. The molecule has 1 N–H and O–H groups in total. The Balaban J connectivity index is 2.09. The van der Waals surface area contributed by atoms with Crippen LogP contribution in [0.1, 0.15) is 38.6 Å². The number of unbranched alkanes of at least 4 members (excludes halogenated alkanes) is 2. The van der Waals surface area contributed by atoms with Crippen molar-refractivity contribution >= 4 is 11.9 Å². The van der Waals surface area contributed by atoms with E-state index in [9.17, 15) is 9.59 Å². The van der Waals surface area contributed by atoms with E-state index in [1.165, 1.54) is 24.4 Å². The van der Waals surface area contributed by atoms with E-state index in [0.717, 1.165) is 19.3 Å². The number of nitrogens with zero attached hydrogens (tertiary/aromatic N) is 3. The van der Waals surface area contributed by atoms with Crippen molar-refractivity contribution in [3.05, 3.63) is 12.7 Å². The number of esters is 1. The summed E-state index contributed by atoms with van der Waals surface area (Å²) in [6.45, 7) is 2.36. The maximum absolute atomic E-state index is 11.8. The van der Waals surface area contributed by atoms with Crippen LogP contribution in [0.3, 0.4) is 0 Å². The highest BCUT2D eigenvalue weighted by molar-refractivity contribution is 5.79. The third kappa shape index (κ3) is 5.50. The minimum atomic E-state index is -0.363. The molecule has 0 saturated heterocycles. The third-order valence-corrected chi connectivity index (χ3v) is 2.80. The monoisotopic (exact) mass is 268 g/mol. The first-order chi connectivity index (χ1) is 9.15. The molecule has 7 nitrogen and oxygen atoms in total. The van der Waals surface area contributed by atoms with Gasteiger partial charge in [0.05, 0.1) is 7.11 Å². The SMILES string of the molecule is COC(=O)CCCCCNC(=O)C(C)n1cncn1. The summed E-state index contributed by atoms with van der Waals surface area (Å²) in [6, 6.07) is -0.363. The highest BCUT2D eigenvalue weighted by Gasteiger charge is 2.14. The van der Waals surface area contributed by atoms with Gasteiger partial charge in [0.2, 0.25) is 5.91 Å². The van der Waals surface area contributed by atoms with Gasteiger partial charge in [0.1, 0.15) is 18.7 Å². The number of rotatable bonds is 8. The zero-order valence-corrected chi connectivity index (χ0v) is 11.3. The first kappa shape index (κ1) is 15.1. The first-order valence-corrected chi connectivity index (χ1v) is 6.33. The number of aromatic nitrogens is 3. The summed E-state index contributed by atoms with van der Waals surface area (Å²) >= 11 is 0. The topological polar surface area (TPSA) is 86.1 Å². The second-order valence-corrected chi connectivity index (χ2v) is 4.23. The fraction of sp³-hybridized carbons (Fsp3) is 0.667. The van der Waals surface area contributed by atoms with Gasteiger partial charge in [-0.1, -0.05) is 6.42 Å². The molecule has 0 aliphatic carbocycles. The predicted molar refractivity (Wildman–Crippen MR) is 68.2 cm³/mol. The fourth-order valence-corrected chi connectivity index (χ4v) is 1.57. The Labute approximate surface area is 112 Å². The summed E-state index contributed by atoms with van der Waals surface area (Å²) < 4.78 is 6.05. The fourth-order valence-electron chi connectivity index (χ4n) is 1.57. The lowest BCUT2D eigenvalue weighted by Crippen LogP contribution is -2.31. The van der Waals surface area contributed by atoms with E-state index in [4.69, 9.17) is 0 Å². The van der Waals surface area contributed by atoms with Gasteiger partial charge in [0.25, 0.3) is 0 Å². The van der Waals surface area contributed by atoms with Gasteiger partial charge in [0, 0.05) is 13.0 Å². The number of carbonyl (C=O) groups excluding carboxylic acids is 2. The molecule has 1 heterocycles. The number of methoxy groups -OCH3 is 1. The van der Waals surface area contributed by atoms with Crippen molar-refractivity contribution in [2.45, 2.75) is 38.6 Å². The lowest BCUT2D eigenvalue weighted by Gasteiger charge is -2.11. The van der Waals surface area contributed by atoms with Gasteiger partial charge in [-0.25, -0.2) is 9.67 Å². The van der Waals surface area contributed by atoms with Crippen LogP contribution >= 0.6 is 0 Å². The molecule has 7 heteroatoms. The van der Waals surface area contributed by atoms with E-state index in [1.807, 2.05) is 0 Å². The Bertz CT molecular complexity index is 392. The summed E-state index contributed by atoms with van der Waals surface area (Å²) in [7, 11) is 1.38. The molecule has 0 bridgehead atoms. The average molecular weight is 268 g/mol. The molecule has 0 spiro atoms. The molecular formula is C12H20N4O3. The van der Waals surface area contributed by atoms with Crippen LogP contribution in [0.5, 0.6) is 0 Å². The number of carbonyl (C=O) groups is 2. The molecule has 1 aromatic rings. The second-order valence-electron chi connectivity index (χ2n) is 4.23. The zero-order valence-electron chi connectivity index (χ0n) is 11.3. The number of hydrogen-bond donors (Lipinski definition) is 1. The molecule has 0 aliphatic heterocycles. The number of hydrogen-bond acceptors (Lipinski definition) is 5. The van der Waals surface area contributed by atoms with Crippen molar-refractivity contribution in [1.82, 2.24) is 20.1 Å². The molecule has 0 aliphatic rings. The van der Waals surface area contributed by atoms with E-state index in [0.29, 0.717) is 13.0 Å². The second kappa shape index (κ2) is 8.23. The lowest BCUT2D eigenvalue weighted by atomic mass is 10.2. The van der Waals surface area contributed by atoms with Crippen molar-refractivity contribution in [2.24, 2.45) is 0 Å². The molecule has 1 unspecified atom stereocenters. The smallest absolute Gasteiger partial charge is 0.305 e. The van der Waals surface area contributed by atoms with E-state index in [-0.39, 0.29) is 17.9 Å². The lowest BCUT2D eigenvalue weighted by molar-refractivity contribution is -0.140. The van der Waals surface area contributed by atoms with Crippen molar-refractivity contribution < 1.29 is 14.3 Å². The van der Waals surface area contributed by atoms with Crippen LogP contribution < -0.4 is 5.32 Å². The summed E-state index contributed by atoms with van der Waals surface area (Å²) in [5, 5.41) is 6.75. The maximum atomic E-state index is 11.8. The molecule has 0 fully saturated rings. The summed E-state index contributed by atoms with van der Waals surface area (Å²) in [4.78, 5) is 26.4. The number of amides is 1. The molecule has 0 radical (unpaired) electrons. The number of nitrogens with one attached hydrogen (secondary N) is 1. The molecule has 1 aromatic heterocycles. The maximum Gasteiger partial charge on any atom is 0.305 e. The van der Waals surface area contributed by atoms with Crippen LogP contribution in [-0.2, 0) is 14.3 Å². The van der Waals surface area contributed by atoms with Gasteiger partial charge in [-0.15, -0.1) is 0 Å². The van der Waals surface area contributed by atoms with Crippen LogP contribution in [0.15, 0.2) is 12.7 Å². The zero-order chi connectivity index (χ0) is 14.1. The van der Waals surface area contributed by atoms with E-state index >= 15 is 0 Å². The van der Waals surface area contributed by atoms with Crippen LogP contribution in [0, 0.1) is 0 Å². The van der Waals surface area contributed by atoms with Crippen LogP contribution in [0.4, 0.5) is 0 Å². The Morgan fingerprint density at radius 2 is 2.16 bits per heavy atom. The molecular weight excluding hydrogens is 248 g/mol. The molecule has 1 amide bonds. The van der Waals surface area contributed by atoms with Crippen molar-refractivity contribution in [3.8, 4) is 0 Å². The van der Waals surface area contributed by atoms with E-state index < -0.39 is 0 Å². The first-order valence-electron chi connectivity index (χ1n) is 6.33.